The van der Waals surface area contributed by atoms with Crippen molar-refractivity contribution in [3.8, 4) is 6.07 Å². The van der Waals surface area contributed by atoms with Gasteiger partial charge in [-0.1, -0.05) is 17.7 Å². The van der Waals surface area contributed by atoms with Crippen molar-refractivity contribution in [1.82, 2.24) is 0 Å². The minimum absolute atomic E-state index is 0.481. The summed E-state index contributed by atoms with van der Waals surface area (Å²) in [4.78, 5) is 0. The summed E-state index contributed by atoms with van der Waals surface area (Å²) in [6.07, 6.45) is 0. The molecular formula is C7H3ClN. The fourth-order valence-corrected chi connectivity index (χ4v) is 0.687. The van der Waals surface area contributed by atoms with Crippen LogP contribution in [0.1, 0.15) is 5.56 Å². The van der Waals surface area contributed by atoms with Crippen LogP contribution in [0.15, 0.2) is 18.2 Å². The highest BCUT2D eigenvalue weighted by Crippen LogP contribution is 2.07. The van der Waals surface area contributed by atoms with E-state index in [0.29, 0.717) is 10.6 Å². The van der Waals surface area contributed by atoms with E-state index in [4.69, 9.17) is 16.9 Å². The molecule has 0 amide bonds. The molecule has 2 heteroatoms. The molecule has 0 aliphatic carbocycles. The monoisotopic (exact) mass is 136 g/mol. The fraction of sp³-hybridized carbons (Fsp3) is 0. The van der Waals surface area contributed by atoms with E-state index in [2.05, 4.69) is 6.07 Å². The van der Waals surface area contributed by atoms with E-state index < -0.39 is 0 Å². The summed E-state index contributed by atoms with van der Waals surface area (Å²) >= 11 is 5.52. The highest BCUT2D eigenvalue weighted by atomic mass is 35.5. The van der Waals surface area contributed by atoms with Crippen molar-refractivity contribution in [1.29, 1.82) is 5.26 Å². The Morgan fingerprint density at radius 1 is 1.67 bits per heavy atom. The third kappa shape index (κ3) is 1.45. The Balaban J connectivity index is 3.12. The molecule has 1 radical (unpaired) electrons. The van der Waals surface area contributed by atoms with Crippen molar-refractivity contribution in [3.63, 3.8) is 0 Å². The van der Waals surface area contributed by atoms with E-state index in [1.54, 1.807) is 18.2 Å². The van der Waals surface area contributed by atoms with Gasteiger partial charge in [-0.05, 0) is 12.1 Å². The molecule has 0 spiro atoms. The molecule has 1 aromatic rings. The average molecular weight is 137 g/mol. The molecule has 0 saturated heterocycles. The van der Waals surface area contributed by atoms with Gasteiger partial charge in [-0.25, -0.2) is 0 Å². The summed E-state index contributed by atoms with van der Waals surface area (Å²) in [5, 5.41) is 8.82. The molecule has 0 aliphatic heterocycles. The first-order valence-electron chi connectivity index (χ1n) is 2.40. The number of nitrogens with zero attached hydrogens (tertiary/aromatic N) is 1. The summed E-state index contributed by atoms with van der Waals surface area (Å²) in [6.45, 7) is 0. The zero-order valence-electron chi connectivity index (χ0n) is 4.56. The van der Waals surface area contributed by atoms with Crippen LogP contribution in [0.3, 0.4) is 0 Å². The Bertz CT molecular complexity index is 249. The van der Waals surface area contributed by atoms with Gasteiger partial charge in [0.05, 0.1) is 11.6 Å². The van der Waals surface area contributed by atoms with Gasteiger partial charge in [0.15, 0.2) is 0 Å². The smallest absolute Gasteiger partial charge is 0.0992 e. The van der Waals surface area contributed by atoms with Crippen LogP contribution in [-0.2, 0) is 0 Å². The zero-order chi connectivity index (χ0) is 6.69. The summed E-state index contributed by atoms with van der Waals surface area (Å²) in [5.41, 5.74) is 0.568. The van der Waals surface area contributed by atoms with E-state index in [9.17, 15) is 0 Å². The van der Waals surface area contributed by atoms with Crippen molar-refractivity contribution >= 4 is 11.6 Å². The van der Waals surface area contributed by atoms with E-state index in [1.807, 2.05) is 6.07 Å². The van der Waals surface area contributed by atoms with Crippen molar-refractivity contribution < 1.29 is 0 Å². The first-order valence-corrected chi connectivity index (χ1v) is 2.78. The molecule has 1 rings (SSSR count). The number of hydrogen-bond donors (Lipinski definition) is 0. The minimum atomic E-state index is 0.481. The predicted molar refractivity (Wildman–Crippen MR) is 35.0 cm³/mol. The van der Waals surface area contributed by atoms with Gasteiger partial charge < -0.3 is 0 Å². The summed E-state index contributed by atoms with van der Waals surface area (Å²) in [7, 11) is 0. The maximum absolute atomic E-state index is 8.34. The lowest BCUT2D eigenvalue weighted by molar-refractivity contribution is 1.48. The third-order valence-electron chi connectivity index (χ3n) is 0.895. The van der Waals surface area contributed by atoms with E-state index >= 15 is 0 Å². The Morgan fingerprint density at radius 3 is 2.89 bits per heavy atom. The Kier molecular flexibility index (Phi) is 1.72. The zero-order valence-corrected chi connectivity index (χ0v) is 5.31. The maximum Gasteiger partial charge on any atom is 0.0992 e. The fourth-order valence-electron chi connectivity index (χ4n) is 0.507. The molecule has 43 valence electrons. The molecule has 0 heterocycles. The first kappa shape index (κ1) is 6.12. The number of nitriles is 1. The van der Waals surface area contributed by atoms with Crippen LogP contribution in [0.5, 0.6) is 0 Å². The molecule has 0 N–H and O–H groups in total. The van der Waals surface area contributed by atoms with Crippen LogP contribution in [0.4, 0.5) is 0 Å². The van der Waals surface area contributed by atoms with Gasteiger partial charge >= 0.3 is 0 Å². The molecule has 0 atom stereocenters. The number of halogens is 1. The molecule has 0 bridgehead atoms. The normalized spacial score (nSPS) is 8.44. The quantitative estimate of drug-likeness (QED) is 0.535. The Morgan fingerprint density at radius 2 is 2.44 bits per heavy atom. The van der Waals surface area contributed by atoms with Crippen molar-refractivity contribution in [2.75, 3.05) is 0 Å². The third-order valence-corrected chi connectivity index (χ3v) is 1.11. The molecule has 1 aromatic carbocycles. The van der Waals surface area contributed by atoms with Crippen LogP contribution in [-0.4, -0.2) is 0 Å². The summed E-state index contributed by atoms with van der Waals surface area (Å²) in [6, 6.07) is 9.54. The van der Waals surface area contributed by atoms with Crippen molar-refractivity contribution in [2.24, 2.45) is 0 Å². The second-order valence-corrected chi connectivity index (χ2v) is 1.94. The summed E-state index contributed by atoms with van der Waals surface area (Å²) < 4.78 is 0. The van der Waals surface area contributed by atoms with Gasteiger partial charge in [0, 0.05) is 11.1 Å². The molecule has 0 unspecified atom stereocenters. The highest BCUT2D eigenvalue weighted by Gasteiger charge is 1.88. The first-order chi connectivity index (χ1) is 4.33. The van der Waals surface area contributed by atoms with E-state index in [-0.39, 0.29) is 0 Å². The van der Waals surface area contributed by atoms with Gasteiger partial charge in [-0.15, -0.1) is 0 Å². The lowest BCUT2D eigenvalue weighted by atomic mass is 10.2. The van der Waals surface area contributed by atoms with Gasteiger partial charge in [0.25, 0.3) is 0 Å². The minimum Gasteiger partial charge on any atom is -0.192 e. The highest BCUT2D eigenvalue weighted by molar-refractivity contribution is 6.30. The number of benzene rings is 1. The molecule has 0 fully saturated rings. The number of hydrogen-bond acceptors (Lipinski definition) is 1. The summed E-state index contributed by atoms with van der Waals surface area (Å²) in [5.74, 6) is 0. The molecular weight excluding hydrogens is 134 g/mol. The van der Waals surface area contributed by atoms with Gasteiger partial charge in [0.2, 0.25) is 0 Å². The van der Waals surface area contributed by atoms with Gasteiger partial charge in [-0.2, -0.15) is 5.26 Å². The van der Waals surface area contributed by atoms with E-state index in [0.717, 1.165) is 0 Å². The van der Waals surface area contributed by atoms with E-state index in [1.165, 1.54) is 0 Å². The second kappa shape index (κ2) is 2.52. The second-order valence-electron chi connectivity index (χ2n) is 1.54. The number of rotatable bonds is 0. The predicted octanol–water partition coefficient (Wildman–Crippen LogP) is 2.01. The Labute approximate surface area is 58.5 Å². The lowest BCUT2D eigenvalue weighted by Crippen LogP contribution is -1.70. The van der Waals surface area contributed by atoms with Crippen LogP contribution in [0.2, 0.25) is 5.02 Å². The van der Waals surface area contributed by atoms with Crippen molar-refractivity contribution in [2.45, 2.75) is 0 Å². The van der Waals surface area contributed by atoms with Crippen LogP contribution in [0, 0.1) is 17.4 Å². The molecule has 9 heavy (non-hydrogen) atoms. The molecule has 1 nitrogen and oxygen atoms in total. The van der Waals surface area contributed by atoms with Gasteiger partial charge in [0.1, 0.15) is 0 Å². The average Bonchev–Trinajstić information content (AvgIpc) is 1.88. The maximum atomic E-state index is 8.34. The molecule has 0 aliphatic rings. The lowest BCUT2D eigenvalue weighted by Gasteiger charge is -1.85. The van der Waals surface area contributed by atoms with Crippen molar-refractivity contribution in [3.05, 3.63) is 34.9 Å². The van der Waals surface area contributed by atoms with Gasteiger partial charge in [-0.3, -0.25) is 0 Å². The molecule has 0 aromatic heterocycles. The van der Waals surface area contributed by atoms with Crippen LogP contribution < -0.4 is 0 Å². The largest absolute Gasteiger partial charge is 0.192 e. The van der Waals surface area contributed by atoms with Crippen LogP contribution >= 0.6 is 11.6 Å². The topological polar surface area (TPSA) is 23.8 Å². The Hall–Kier alpha value is -1.00. The SMILES string of the molecule is N#Cc1cc[c]c(Cl)c1. The van der Waals surface area contributed by atoms with Crippen LogP contribution in [0.25, 0.3) is 0 Å². The molecule has 0 saturated carbocycles. The standard InChI is InChI=1S/C7H3ClN/c8-7-3-1-2-6(4-7)5-9/h1-2,4H.